The summed E-state index contributed by atoms with van der Waals surface area (Å²) >= 11 is 6.05. The molecule has 5 heteroatoms. The average molecular weight is 255 g/mol. The van der Waals surface area contributed by atoms with Gasteiger partial charge in [0.05, 0.1) is 18.6 Å². The number of halogens is 1. The number of amides is 1. The van der Waals surface area contributed by atoms with Gasteiger partial charge in [-0.1, -0.05) is 17.7 Å². The molecule has 17 heavy (non-hydrogen) atoms. The molecule has 1 aliphatic heterocycles. The molecule has 0 unspecified atom stereocenters. The van der Waals surface area contributed by atoms with Gasteiger partial charge >= 0.3 is 0 Å². The van der Waals surface area contributed by atoms with Crippen molar-refractivity contribution in [2.24, 2.45) is 5.41 Å². The first kappa shape index (κ1) is 12.2. The molecule has 2 N–H and O–H groups in total. The Hall–Kier alpha value is -1.26. The highest BCUT2D eigenvalue weighted by molar-refractivity contribution is 6.31. The summed E-state index contributed by atoms with van der Waals surface area (Å²) in [7, 11) is 0. The third kappa shape index (κ3) is 2.37. The molecule has 1 heterocycles. The van der Waals surface area contributed by atoms with Crippen LogP contribution < -0.4 is 5.73 Å². The van der Waals surface area contributed by atoms with Gasteiger partial charge in [-0.15, -0.1) is 0 Å². The first-order chi connectivity index (χ1) is 7.90. The summed E-state index contributed by atoms with van der Waals surface area (Å²) in [5, 5.41) is 1.91. The summed E-state index contributed by atoms with van der Waals surface area (Å²) in [5.74, 6) is -0.0228. The maximum Gasteiger partial charge on any atom is 0.254 e. The van der Waals surface area contributed by atoms with Gasteiger partial charge in [0, 0.05) is 10.7 Å². The van der Waals surface area contributed by atoms with Crippen molar-refractivity contribution >= 4 is 23.2 Å². The number of hydroxylamine groups is 2. The van der Waals surface area contributed by atoms with Crippen molar-refractivity contribution in [3.8, 4) is 0 Å². The number of nitrogens with zero attached hydrogens (tertiary/aromatic N) is 1. The quantitative estimate of drug-likeness (QED) is 0.824. The maximum atomic E-state index is 11.9. The SMILES string of the molecule is CC1(C)CON(Cc2ccc(N)cc2Cl)C1=O. The second-order valence-corrected chi connectivity index (χ2v) is 5.26. The second kappa shape index (κ2) is 4.20. The molecular weight excluding hydrogens is 240 g/mol. The summed E-state index contributed by atoms with van der Waals surface area (Å²) in [6.45, 7) is 4.47. The topological polar surface area (TPSA) is 55.6 Å². The van der Waals surface area contributed by atoms with Gasteiger partial charge in [0.25, 0.3) is 5.91 Å². The van der Waals surface area contributed by atoms with Crippen molar-refractivity contribution in [1.82, 2.24) is 5.06 Å². The Morgan fingerprint density at radius 2 is 2.24 bits per heavy atom. The van der Waals surface area contributed by atoms with E-state index >= 15 is 0 Å². The Morgan fingerprint density at radius 3 is 2.76 bits per heavy atom. The number of nitrogens with two attached hydrogens (primary N) is 1. The highest BCUT2D eigenvalue weighted by atomic mass is 35.5. The van der Waals surface area contributed by atoms with Crippen LogP contribution in [0.15, 0.2) is 18.2 Å². The summed E-state index contributed by atoms with van der Waals surface area (Å²) in [5.41, 5.74) is 6.58. The van der Waals surface area contributed by atoms with Gasteiger partial charge in [0.1, 0.15) is 0 Å². The first-order valence-corrected chi connectivity index (χ1v) is 5.77. The minimum Gasteiger partial charge on any atom is -0.399 e. The lowest BCUT2D eigenvalue weighted by Crippen LogP contribution is -2.30. The Kier molecular flexibility index (Phi) is 3.02. The summed E-state index contributed by atoms with van der Waals surface area (Å²) in [6.07, 6.45) is 0. The molecule has 1 saturated heterocycles. The van der Waals surface area contributed by atoms with E-state index < -0.39 is 5.41 Å². The van der Waals surface area contributed by atoms with E-state index in [0.717, 1.165) is 5.56 Å². The zero-order valence-corrected chi connectivity index (χ0v) is 10.6. The van der Waals surface area contributed by atoms with Crippen LogP contribution in [0.3, 0.4) is 0 Å². The van der Waals surface area contributed by atoms with E-state index in [-0.39, 0.29) is 5.91 Å². The molecule has 1 aromatic carbocycles. The molecule has 1 aliphatic rings. The number of hydrogen-bond acceptors (Lipinski definition) is 3. The van der Waals surface area contributed by atoms with E-state index in [1.807, 2.05) is 13.8 Å². The Balaban J connectivity index is 2.15. The van der Waals surface area contributed by atoms with Crippen molar-refractivity contribution in [2.45, 2.75) is 20.4 Å². The standard InChI is InChI=1S/C12H15ClN2O2/c1-12(2)7-17-15(11(12)16)6-8-3-4-9(14)5-10(8)13/h3-5H,6-7,14H2,1-2H3. The molecule has 0 radical (unpaired) electrons. The van der Waals surface area contributed by atoms with E-state index in [9.17, 15) is 4.79 Å². The Bertz CT molecular complexity index is 460. The molecular formula is C12H15ClN2O2. The Morgan fingerprint density at radius 1 is 1.53 bits per heavy atom. The van der Waals surface area contributed by atoms with Crippen LogP contribution in [0.5, 0.6) is 0 Å². The molecule has 1 aromatic rings. The minimum atomic E-state index is -0.458. The third-order valence-corrected chi connectivity index (χ3v) is 3.13. The fourth-order valence-corrected chi connectivity index (χ4v) is 1.91. The van der Waals surface area contributed by atoms with Crippen LogP contribution in [-0.4, -0.2) is 17.6 Å². The number of carbonyl (C=O) groups excluding carboxylic acids is 1. The van der Waals surface area contributed by atoms with Gasteiger partial charge in [0.2, 0.25) is 0 Å². The number of anilines is 1. The van der Waals surface area contributed by atoms with Crippen LogP contribution in [0.25, 0.3) is 0 Å². The van der Waals surface area contributed by atoms with Crippen LogP contribution in [0.4, 0.5) is 5.69 Å². The van der Waals surface area contributed by atoms with Crippen molar-refractivity contribution in [1.29, 1.82) is 0 Å². The van der Waals surface area contributed by atoms with Crippen LogP contribution in [-0.2, 0) is 16.2 Å². The van der Waals surface area contributed by atoms with Crippen molar-refractivity contribution < 1.29 is 9.63 Å². The molecule has 92 valence electrons. The minimum absolute atomic E-state index is 0.0228. The van der Waals surface area contributed by atoms with Crippen LogP contribution in [0.1, 0.15) is 19.4 Å². The number of hydrogen-bond donors (Lipinski definition) is 1. The fourth-order valence-electron chi connectivity index (χ4n) is 1.66. The number of rotatable bonds is 2. The van der Waals surface area contributed by atoms with Gasteiger partial charge in [-0.3, -0.25) is 9.63 Å². The molecule has 1 fully saturated rings. The van der Waals surface area contributed by atoms with Gasteiger partial charge in [-0.25, -0.2) is 5.06 Å². The largest absolute Gasteiger partial charge is 0.399 e. The van der Waals surface area contributed by atoms with Crippen molar-refractivity contribution in [3.63, 3.8) is 0 Å². The average Bonchev–Trinajstić information content (AvgIpc) is 2.49. The van der Waals surface area contributed by atoms with Gasteiger partial charge in [0.15, 0.2) is 0 Å². The summed E-state index contributed by atoms with van der Waals surface area (Å²) < 4.78 is 0. The predicted molar refractivity (Wildman–Crippen MR) is 66.1 cm³/mol. The van der Waals surface area contributed by atoms with Gasteiger partial charge in [-0.2, -0.15) is 0 Å². The molecule has 0 saturated carbocycles. The molecule has 0 spiro atoms. The van der Waals surface area contributed by atoms with E-state index in [1.54, 1.807) is 18.2 Å². The van der Waals surface area contributed by atoms with Gasteiger partial charge < -0.3 is 5.73 Å². The van der Waals surface area contributed by atoms with Crippen molar-refractivity contribution in [3.05, 3.63) is 28.8 Å². The van der Waals surface area contributed by atoms with Crippen LogP contribution >= 0.6 is 11.6 Å². The number of nitrogen functional groups attached to an aromatic ring is 1. The lowest BCUT2D eigenvalue weighted by atomic mass is 9.95. The first-order valence-electron chi connectivity index (χ1n) is 5.39. The van der Waals surface area contributed by atoms with E-state index in [1.165, 1.54) is 5.06 Å². The number of carbonyl (C=O) groups is 1. The smallest absolute Gasteiger partial charge is 0.254 e. The lowest BCUT2D eigenvalue weighted by Gasteiger charge is -2.17. The van der Waals surface area contributed by atoms with E-state index in [0.29, 0.717) is 23.9 Å². The zero-order chi connectivity index (χ0) is 12.6. The summed E-state index contributed by atoms with van der Waals surface area (Å²) in [4.78, 5) is 17.3. The molecule has 4 nitrogen and oxygen atoms in total. The molecule has 0 atom stereocenters. The third-order valence-electron chi connectivity index (χ3n) is 2.78. The predicted octanol–water partition coefficient (Wildman–Crippen LogP) is 2.22. The Labute approximate surface area is 105 Å². The highest BCUT2D eigenvalue weighted by Gasteiger charge is 2.40. The van der Waals surface area contributed by atoms with E-state index in [4.69, 9.17) is 22.2 Å². The lowest BCUT2D eigenvalue weighted by molar-refractivity contribution is -0.165. The summed E-state index contributed by atoms with van der Waals surface area (Å²) in [6, 6.07) is 5.23. The molecule has 1 amide bonds. The highest BCUT2D eigenvalue weighted by Crippen LogP contribution is 2.29. The molecule has 0 bridgehead atoms. The molecule has 0 aliphatic carbocycles. The van der Waals surface area contributed by atoms with Crippen LogP contribution in [0, 0.1) is 5.41 Å². The number of benzene rings is 1. The molecule has 0 aromatic heterocycles. The van der Waals surface area contributed by atoms with Crippen LogP contribution in [0.2, 0.25) is 5.02 Å². The van der Waals surface area contributed by atoms with E-state index in [2.05, 4.69) is 0 Å². The normalized spacial score (nSPS) is 18.8. The second-order valence-electron chi connectivity index (χ2n) is 4.85. The maximum absolute atomic E-state index is 11.9. The van der Waals surface area contributed by atoms with Crippen molar-refractivity contribution in [2.75, 3.05) is 12.3 Å². The zero-order valence-electron chi connectivity index (χ0n) is 9.87. The fraction of sp³-hybridized carbons (Fsp3) is 0.417. The monoisotopic (exact) mass is 254 g/mol. The molecule has 2 rings (SSSR count). The van der Waals surface area contributed by atoms with Gasteiger partial charge in [-0.05, 0) is 31.5 Å².